The number of carbonyl (C=O) groups excluding carboxylic acids is 1. The number of ether oxygens (including phenoxy) is 1. The van der Waals surface area contributed by atoms with Crippen molar-refractivity contribution >= 4 is 11.7 Å². The average Bonchev–Trinajstić information content (AvgIpc) is 2.26. The smallest absolute Gasteiger partial charge is 0.239 e. The summed E-state index contributed by atoms with van der Waals surface area (Å²) < 4.78 is 4.99. The monoisotopic (exact) mass is 196 g/mol. The van der Waals surface area contributed by atoms with Crippen molar-refractivity contribution < 1.29 is 9.53 Å². The van der Waals surface area contributed by atoms with Crippen LogP contribution in [0.4, 0.5) is 5.82 Å². The van der Waals surface area contributed by atoms with E-state index in [9.17, 15) is 4.79 Å². The second-order valence-corrected chi connectivity index (χ2v) is 2.47. The fraction of sp³-hybridized carbons (Fsp3) is 0.375. The number of methoxy groups -OCH3 is 1. The minimum absolute atomic E-state index is 0.120. The van der Waals surface area contributed by atoms with Crippen LogP contribution in [0, 0.1) is 0 Å². The van der Waals surface area contributed by atoms with Gasteiger partial charge in [0.2, 0.25) is 5.91 Å². The van der Waals surface area contributed by atoms with E-state index in [1.54, 1.807) is 7.05 Å². The number of rotatable bonds is 4. The molecule has 0 atom stereocenters. The number of hydrogen-bond acceptors (Lipinski definition) is 5. The molecule has 0 aliphatic heterocycles. The quantitative estimate of drug-likeness (QED) is 0.688. The Labute approximate surface area is 81.7 Å². The maximum absolute atomic E-state index is 10.9. The van der Waals surface area contributed by atoms with Crippen molar-refractivity contribution in [1.82, 2.24) is 15.3 Å². The first-order chi connectivity index (χ1) is 6.77. The number of hydrogen-bond donors (Lipinski definition) is 2. The Morgan fingerprint density at radius 2 is 2.43 bits per heavy atom. The number of aromatic nitrogens is 2. The van der Waals surface area contributed by atoms with E-state index in [-0.39, 0.29) is 12.5 Å². The predicted octanol–water partition coefficient (Wildman–Crippen LogP) is -0.357. The van der Waals surface area contributed by atoms with Gasteiger partial charge in [0.05, 0.1) is 19.9 Å². The van der Waals surface area contributed by atoms with Crippen LogP contribution in [0.15, 0.2) is 12.5 Å². The molecule has 0 unspecified atom stereocenters. The molecule has 0 aliphatic carbocycles. The summed E-state index contributed by atoms with van der Waals surface area (Å²) in [6.07, 6.45) is 2.91. The molecular formula is C8H12N4O2. The van der Waals surface area contributed by atoms with Crippen LogP contribution in [-0.4, -0.2) is 36.6 Å². The number of nitrogens with one attached hydrogen (secondary N) is 2. The predicted molar refractivity (Wildman–Crippen MR) is 51.1 cm³/mol. The van der Waals surface area contributed by atoms with Gasteiger partial charge in [-0.25, -0.2) is 9.97 Å². The molecule has 6 heteroatoms. The summed E-state index contributed by atoms with van der Waals surface area (Å²) in [5, 5.41) is 5.31. The largest absolute Gasteiger partial charge is 0.491 e. The Kier molecular flexibility index (Phi) is 3.66. The van der Waals surface area contributed by atoms with E-state index in [0.717, 1.165) is 0 Å². The highest BCUT2D eigenvalue weighted by molar-refractivity contribution is 5.80. The lowest BCUT2D eigenvalue weighted by molar-refractivity contribution is -0.118. The maximum Gasteiger partial charge on any atom is 0.239 e. The molecule has 1 rings (SSSR count). The number of amides is 1. The zero-order chi connectivity index (χ0) is 10.4. The van der Waals surface area contributed by atoms with Crippen molar-refractivity contribution in [3.63, 3.8) is 0 Å². The number of likely N-dealkylation sites (N-methyl/N-ethyl adjacent to an activating group) is 1. The second-order valence-electron chi connectivity index (χ2n) is 2.47. The second kappa shape index (κ2) is 5.00. The average molecular weight is 196 g/mol. The van der Waals surface area contributed by atoms with Crippen LogP contribution in [-0.2, 0) is 4.79 Å². The van der Waals surface area contributed by atoms with Crippen molar-refractivity contribution in [3.05, 3.63) is 12.5 Å². The van der Waals surface area contributed by atoms with Crippen molar-refractivity contribution in [2.24, 2.45) is 0 Å². The SMILES string of the molecule is CNC(=O)CNc1ncncc1OC. The molecule has 0 bridgehead atoms. The third kappa shape index (κ3) is 2.58. The third-order valence-electron chi connectivity index (χ3n) is 1.59. The Morgan fingerprint density at radius 1 is 1.64 bits per heavy atom. The van der Waals surface area contributed by atoms with Crippen molar-refractivity contribution in [2.45, 2.75) is 0 Å². The molecule has 1 heterocycles. The Balaban J connectivity index is 2.61. The summed E-state index contributed by atoms with van der Waals surface area (Å²) >= 11 is 0. The maximum atomic E-state index is 10.9. The molecule has 76 valence electrons. The summed E-state index contributed by atoms with van der Waals surface area (Å²) in [5.41, 5.74) is 0. The molecule has 0 aromatic carbocycles. The van der Waals surface area contributed by atoms with Gasteiger partial charge in [-0.1, -0.05) is 0 Å². The van der Waals surface area contributed by atoms with E-state index < -0.39 is 0 Å². The highest BCUT2D eigenvalue weighted by atomic mass is 16.5. The normalized spacial score (nSPS) is 9.29. The molecule has 6 nitrogen and oxygen atoms in total. The van der Waals surface area contributed by atoms with Crippen LogP contribution >= 0.6 is 0 Å². The first kappa shape index (κ1) is 10.2. The van der Waals surface area contributed by atoms with Crippen LogP contribution in [0.5, 0.6) is 5.75 Å². The Morgan fingerprint density at radius 3 is 3.07 bits per heavy atom. The highest BCUT2D eigenvalue weighted by Gasteiger charge is 2.04. The summed E-state index contributed by atoms with van der Waals surface area (Å²) in [5.74, 6) is 0.896. The first-order valence-electron chi connectivity index (χ1n) is 4.06. The molecule has 1 aromatic heterocycles. The molecule has 14 heavy (non-hydrogen) atoms. The molecule has 1 aromatic rings. The van der Waals surface area contributed by atoms with E-state index in [2.05, 4.69) is 20.6 Å². The molecule has 2 N–H and O–H groups in total. The van der Waals surface area contributed by atoms with Gasteiger partial charge in [0.15, 0.2) is 11.6 Å². The summed E-state index contributed by atoms with van der Waals surface area (Å²) in [4.78, 5) is 18.6. The lowest BCUT2D eigenvalue weighted by Gasteiger charge is -2.07. The number of anilines is 1. The minimum atomic E-state index is -0.120. The number of carbonyl (C=O) groups is 1. The van der Waals surface area contributed by atoms with Gasteiger partial charge in [-0.05, 0) is 0 Å². The highest BCUT2D eigenvalue weighted by Crippen LogP contribution is 2.17. The molecule has 1 amide bonds. The zero-order valence-electron chi connectivity index (χ0n) is 8.07. The lowest BCUT2D eigenvalue weighted by atomic mass is 10.5. The van der Waals surface area contributed by atoms with Gasteiger partial charge < -0.3 is 15.4 Å². The summed E-state index contributed by atoms with van der Waals surface area (Å²) in [7, 11) is 3.09. The molecule has 0 spiro atoms. The van der Waals surface area contributed by atoms with Gasteiger partial charge in [-0.2, -0.15) is 0 Å². The van der Waals surface area contributed by atoms with Crippen molar-refractivity contribution in [3.8, 4) is 5.75 Å². The first-order valence-corrected chi connectivity index (χ1v) is 4.06. The van der Waals surface area contributed by atoms with Crippen LogP contribution in [0.3, 0.4) is 0 Å². The van der Waals surface area contributed by atoms with Gasteiger partial charge in [-0.15, -0.1) is 0 Å². The van der Waals surface area contributed by atoms with Gasteiger partial charge in [0.1, 0.15) is 6.33 Å². The molecule has 0 fully saturated rings. The third-order valence-corrected chi connectivity index (χ3v) is 1.59. The van der Waals surface area contributed by atoms with Gasteiger partial charge in [0.25, 0.3) is 0 Å². The fourth-order valence-electron chi connectivity index (χ4n) is 0.851. The van der Waals surface area contributed by atoms with Gasteiger partial charge >= 0.3 is 0 Å². The van der Waals surface area contributed by atoms with Crippen LogP contribution in [0.2, 0.25) is 0 Å². The lowest BCUT2D eigenvalue weighted by Crippen LogP contribution is -2.26. The van der Waals surface area contributed by atoms with E-state index in [4.69, 9.17) is 4.74 Å². The van der Waals surface area contributed by atoms with Crippen molar-refractivity contribution in [2.75, 3.05) is 26.0 Å². The standard InChI is InChI=1S/C8H12N4O2/c1-9-7(13)4-11-8-6(14-2)3-10-5-12-8/h3,5H,4H2,1-2H3,(H,9,13)(H,10,11,12). The molecule has 0 radical (unpaired) electrons. The van der Waals surface area contributed by atoms with E-state index in [0.29, 0.717) is 11.6 Å². The van der Waals surface area contributed by atoms with Gasteiger partial charge in [0, 0.05) is 7.05 Å². The van der Waals surface area contributed by atoms with E-state index in [1.807, 2.05) is 0 Å². The van der Waals surface area contributed by atoms with Crippen LogP contribution in [0.25, 0.3) is 0 Å². The van der Waals surface area contributed by atoms with Crippen molar-refractivity contribution in [1.29, 1.82) is 0 Å². The molecule has 0 saturated heterocycles. The van der Waals surface area contributed by atoms with E-state index in [1.165, 1.54) is 19.6 Å². The summed E-state index contributed by atoms with van der Waals surface area (Å²) in [6.45, 7) is 0.157. The number of nitrogens with zero attached hydrogens (tertiary/aromatic N) is 2. The van der Waals surface area contributed by atoms with Gasteiger partial charge in [-0.3, -0.25) is 4.79 Å². The molecule has 0 aliphatic rings. The Hall–Kier alpha value is -1.85. The molecular weight excluding hydrogens is 184 g/mol. The topological polar surface area (TPSA) is 76.1 Å². The fourth-order valence-corrected chi connectivity index (χ4v) is 0.851. The van der Waals surface area contributed by atoms with Crippen LogP contribution in [0.1, 0.15) is 0 Å². The zero-order valence-corrected chi connectivity index (χ0v) is 8.07. The minimum Gasteiger partial charge on any atom is -0.491 e. The van der Waals surface area contributed by atoms with Crippen LogP contribution < -0.4 is 15.4 Å². The van der Waals surface area contributed by atoms with E-state index >= 15 is 0 Å². The molecule has 0 saturated carbocycles. The summed E-state index contributed by atoms with van der Waals surface area (Å²) in [6, 6.07) is 0. The Bertz CT molecular complexity index is 316.